The highest BCUT2D eigenvalue weighted by Crippen LogP contribution is 2.04. The molecule has 0 fully saturated rings. The Morgan fingerprint density at radius 3 is 0.917 bits per heavy atom. The minimum absolute atomic E-state index is 0. The number of aliphatic hydroxyl groups is 1. The predicted molar refractivity (Wildman–Crippen MR) is 59.1 cm³/mol. The van der Waals surface area contributed by atoms with Crippen LogP contribution < -0.4 is 0 Å². The largest absolute Gasteiger partial charge is 0.412 e. The lowest BCUT2D eigenvalue weighted by molar-refractivity contribution is 0.318. The van der Waals surface area contributed by atoms with E-state index in [2.05, 4.69) is 0 Å². The summed E-state index contributed by atoms with van der Waals surface area (Å²) in [6.07, 6.45) is 0. The van der Waals surface area contributed by atoms with Gasteiger partial charge in [-0.1, -0.05) is 69.6 Å². The normalized spacial score (nSPS) is 7.50. The van der Waals surface area contributed by atoms with E-state index >= 15 is 0 Å². The van der Waals surface area contributed by atoms with Crippen LogP contribution in [0.2, 0.25) is 0 Å². The first kappa shape index (κ1) is 23.5. The van der Waals surface area contributed by atoms with Crippen molar-refractivity contribution >= 4 is 69.6 Å². The standard InChI is InChI=1S/C2H6O.2CHCl3.H2O/c1-2-3;2*2-1(3)4;/h3H,2H2,1H3;2*1H;1H2. The third-order valence-electron chi connectivity index (χ3n) is 0. The van der Waals surface area contributed by atoms with Crippen molar-refractivity contribution in [2.75, 3.05) is 6.61 Å². The van der Waals surface area contributed by atoms with Crippen LogP contribution in [0.15, 0.2) is 0 Å². The first-order chi connectivity index (χ1) is 4.88. The van der Waals surface area contributed by atoms with Gasteiger partial charge in [-0.3, -0.25) is 0 Å². The second-order valence-electron chi connectivity index (χ2n) is 0.811. The molecule has 0 aliphatic carbocycles. The summed E-state index contributed by atoms with van der Waals surface area (Å²) in [7, 11) is 0. The van der Waals surface area contributed by atoms with Crippen LogP contribution in [0.3, 0.4) is 0 Å². The zero-order chi connectivity index (χ0) is 9.86. The Balaban J connectivity index is -0.0000000389. The fourth-order valence-corrected chi connectivity index (χ4v) is 0. The summed E-state index contributed by atoms with van der Waals surface area (Å²) in [5.74, 6) is 0. The summed E-state index contributed by atoms with van der Waals surface area (Å²) in [4.78, 5) is 0. The van der Waals surface area contributed by atoms with E-state index in [4.69, 9.17) is 74.7 Å². The minimum Gasteiger partial charge on any atom is -0.412 e. The fraction of sp³-hybridized carbons (Fsp3) is 1.00. The first-order valence-electron chi connectivity index (χ1n) is 2.33. The highest BCUT2D eigenvalue weighted by Gasteiger charge is 1.79. The maximum atomic E-state index is 7.57. The summed E-state index contributed by atoms with van der Waals surface area (Å²) < 4.78 is -1.50. The highest BCUT2D eigenvalue weighted by molar-refractivity contribution is 6.63. The average molecular weight is 303 g/mol. The molecule has 0 unspecified atom stereocenters. The molecule has 0 heterocycles. The molecular weight excluding hydrogens is 293 g/mol. The van der Waals surface area contributed by atoms with Crippen molar-refractivity contribution in [3.8, 4) is 0 Å². The van der Waals surface area contributed by atoms with Crippen LogP contribution in [0.4, 0.5) is 0 Å². The van der Waals surface area contributed by atoms with E-state index in [1.807, 2.05) is 0 Å². The number of hydrogen-bond acceptors (Lipinski definition) is 1. The molecule has 0 amide bonds. The van der Waals surface area contributed by atoms with Gasteiger partial charge in [0.2, 0.25) is 0 Å². The quantitative estimate of drug-likeness (QED) is 0.687. The van der Waals surface area contributed by atoms with Crippen molar-refractivity contribution in [3.05, 3.63) is 0 Å². The van der Waals surface area contributed by atoms with Crippen molar-refractivity contribution in [2.24, 2.45) is 0 Å². The van der Waals surface area contributed by atoms with Crippen LogP contribution >= 0.6 is 69.6 Å². The van der Waals surface area contributed by atoms with Crippen LogP contribution in [0.5, 0.6) is 0 Å². The zero-order valence-corrected chi connectivity index (χ0v) is 10.6. The van der Waals surface area contributed by atoms with E-state index in [0.29, 0.717) is 0 Å². The lowest BCUT2D eigenvalue weighted by Gasteiger charge is -1.69. The maximum absolute atomic E-state index is 7.57. The van der Waals surface area contributed by atoms with Gasteiger partial charge in [-0.2, -0.15) is 0 Å². The van der Waals surface area contributed by atoms with E-state index in [1.165, 1.54) is 0 Å². The Bertz CT molecular complexity index is 41.3. The Hall–Kier alpha value is 1.66. The van der Waals surface area contributed by atoms with Gasteiger partial charge in [0.05, 0.1) is 0 Å². The van der Waals surface area contributed by atoms with Crippen molar-refractivity contribution < 1.29 is 10.6 Å². The summed E-state index contributed by atoms with van der Waals surface area (Å²) >= 11 is 28.8. The van der Waals surface area contributed by atoms with E-state index in [9.17, 15) is 0 Å². The Morgan fingerprint density at radius 1 is 0.917 bits per heavy atom. The van der Waals surface area contributed by atoms with Gasteiger partial charge in [-0.25, -0.2) is 0 Å². The van der Waals surface area contributed by atoms with Crippen molar-refractivity contribution in [1.82, 2.24) is 0 Å². The average Bonchev–Trinajstić information content (AvgIpc) is 1.60. The molecule has 0 radical (unpaired) electrons. The van der Waals surface area contributed by atoms with Crippen molar-refractivity contribution in [2.45, 2.75) is 15.5 Å². The van der Waals surface area contributed by atoms with Crippen molar-refractivity contribution in [3.63, 3.8) is 0 Å². The molecule has 0 bridgehead atoms. The van der Waals surface area contributed by atoms with E-state index in [-0.39, 0.29) is 12.1 Å². The molecule has 8 heteroatoms. The Labute approximate surface area is 102 Å². The molecule has 0 aromatic heterocycles. The second kappa shape index (κ2) is 23.0. The Kier molecular flexibility index (Phi) is 44.9. The summed E-state index contributed by atoms with van der Waals surface area (Å²) in [6.45, 7) is 1.93. The molecule has 12 heavy (non-hydrogen) atoms. The molecule has 0 aliphatic heterocycles. The van der Waals surface area contributed by atoms with E-state index in [1.54, 1.807) is 6.92 Å². The first-order valence-corrected chi connectivity index (χ1v) is 4.95. The molecule has 0 aromatic carbocycles. The van der Waals surface area contributed by atoms with Crippen LogP contribution in [0.25, 0.3) is 0 Å². The lowest BCUT2D eigenvalue weighted by atomic mass is 10.9. The predicted octanol–water partition coefficient (Wildman–Crippen LogP) is 3.15. The maximum Gasteiger partial charge on any atom is 0.180 e. The van der Waals surface area contributed by atoms with Gasteiger partial charge in [0.15, 0.2) is 8.59 Å². The summed E-state index contributed by atoms with van der Waals surface area (Å²) in [5, 5.41) is 7.57. The second-order valence-corrected chi connectivity index (χ2v) is 4.77. The van der Waals surface area contributed by atoms with E-state index in [0.717, 1.165) is 0 Å². The van der Waals surface area contributed by atoms with Crippen LogP contribution in [0, 0.1) is 0 Å². The Morgan fingerprint density at radius 2 is 0.917 bits per heavy atom. The highest BCUT2D eigenvalue weighted by atomic mass is 35.6. The fourth-order valence-electron chi connectivity index (χ4n) is 0. The molecule has 0 aliphatic rings. The smallest absolute Gasteiger partial charge is 0.180 e. The van der Waals surface area contributed by atoms with Crippen molar-refractivity contribution in [1.29, 1.82) is 0 Å². The molecular formula is C4H10Cl6O2. The van der Waals surface area contributed by atoms with Crippen LogP contribution in [0.1, 0.15) is 6.92 Å². The molecule has 0 saturated heterocycles. The van der Waals surface area contributed by atoms with Gasteiger partial charge in [-0.05, 0) is 6.92 Å². The van der Waals surface area contributed by atoms with Gasteiger partial charge < -0.3 is 10.6 Å². The van der Waals surface area contributed by atoms with Crippen LogP contribution in [-0.2, 0) is 0 Å². The van der Waals surface area contributed by atoms with E-state index < -0.39 is 8.59 Å². The molecule has 0 spiro atoms. The minimum atomic E-state index is -0.750. The van der Waals surface area contributed by atoms with Gasteiger partial charge in [0, 0.05) is 6.61 Å². The van der Waals surface area contributed by atoms with Gasteiger partial charge in [0.1, 0.15) is 0 Å². The topological polar surface area (TPSA) is 51.7 Å². The number of aliphatic hydroxyl groups excluding tert-OH is 1. The third kappa shape index (κ3) is 481. The van der Waals surface area contributed by atoms with Gasteiger partial charge in [-0.15, -0.1) is 0 Å². The number of alkyl halides is 6. The summed E-state index contributed by atoms with van der Waals surface area (Å²) in [5.41, 5.74) is 0. The molecule has 0 atom stereocenters. The molecule has 80 valence electrons. The van der Waals surface area contributed by atoms with Gasteiger partial charge >= 0.3 is 0 Å². The van der Waals surface area contributed by atoms with Crippen LogP contribution in [-0.4, -0.2) is 25.8 Å². The van der Waals surface area contributed by atoms with Gasteiger partial charge in [0.25, 0.3) is 0 Å². The zero-order valence-electron chi connectivity index (χ0n) is 6.08. The number of halogens is 6. The molecule has 0 saturated carbocycles. The molecule has 0 rings (SSSR count). The lowest BCUT2D eigenvalue weighted by Crippen LogP contribution is -1.57. The monoisotopic (exact) mass is 300 g/mol. The molecule has 3 N–H and O–H groups in total. The summed E-state index contributed by atoms with van der Waals surface area (Å²) in [6, 6.07) is 0. The molecule has 2 nitrogen and oxygen atoms in total. The number of rotatable bonds is 0. The SMILES string of the molecule is CCO.ClC(Cl)Cl.ClC(Cl)Cl.O. The molecule has 0 aromatic rings. The number of hydrogen-bond donors (Lipinski definition) is 1. The third-order valence-corrected chi connectivity index (χ3v) is 0.